The Morgan fingerprint density at radius 3 is 2.57 bits per heavy atom. The summed E-state index contributed by atoms with van der Waals surface area (Å²) in [5, 5.41) is 16.0. The van der Waals surface area contributed by atoms with Crippen molar-refractivity contribution in [1.82, 2.24) is 9.97 Å². The molecule has 0 bridgehead atoms. The molecule has 0 spiro atoms. The molecule has 0 unspecified atom stereocenters. The van der Waals surface area contributed by atoms with Crippen molar-refractivity contribution in [1.29, 1.82) is 0 Å². The first-order chi connectivity index (χ1) is 11.0. The van der Waals surface area contributed by atoms with Gasteiger partial charge >= 0.3 is 0 Å². The number of aromatic nitrogens is 2. The van der Waals surface area contributed by atoms with Gasteiger partial charge in [-0.05, 0) is 31.4 Å². The van der Waals surface area contributed by atoms with Crippen molar-refractivity contribution < 1.29 is 5.11 Å². The number of benzene rings is 1. The average Bonchev–Trinajstić information content (AvgIpc) is 3.00. The third kappa shape index (κ3) is 3.21. The maximum absolute atomic E-state index is 9.52. The second-order valence-corrected chi connectivity index (χ2v) is 7.13. The van der Waals surface area contributed by atoms with Crippen LogP contribution in [0.25, 0.3) is 21.3 Å². The zero-order valence-corrected chi connectivity index (χ0v) is 14.4. The molecule has 1 aromatic carbocycles. The molecule has 0 aliphatic carbocycles. The summed E-state index contributed by atoms with van der Waals surface area (Å²) in [5.41, 5.74) is 3.17. The molecule has 0 radical (unpaired) electrons. The monoisotopic (exact) mass is 327 g/mol. The number of fused-ring (bicyclic) bond motifs is 1. The van der Waals surface area contributed by atoms with Gasteiger partial charge in [-0.25, -0.2) is 9.97 Å². The predicted molar refractivity (Wildman–Crippen MR) is 97.0 cm³/mol. The van der Waals surface area contributed by atoms with E-state index in [1.165, 1.54) is 5.56 Å². The molecule has 0 aliphatic heterocycles. The van der Waals surface area contributed by atoms with Gasteiger partial charge in [0.1, 0.15) is 17.0 Å². The molecule has 0 atom stereocenters. The second-order valence-electron chi connectivity index (χ2n) is 6.27. The Labute approximate surface area is 140 Å². The molecule has 0 fully saturated rings. The third-order valence-corrected chi connectivity index (χ3v) is 4.78. The van der Waals surface area contributed by atoms with E-state index < -0.39 is 5.54 Å². The quantitative estimate of drug-likeness (QED) is 0.740. The molecule has 4 nitrogen and oxygen atoms in total. The third-order valence-electron chi connectivity index (χ3n) is 3.90. The topological polar surface area (TPSA) is 58.0 Å². The van der Waals surface area contributed by atoms with E-state index in [2.05, 4.69) is 51.9 Å². The zero-order chi connectivity index (χ0) is 16.4. The minimum Gasteiger partial charge on any atom is -0.394 e. The molecular formula is C18H21N3OS. The van der Waals surface area contributed by atoms with E-state index in [0.29, 0.717) is 0 Å². The van der Waals surface area contributed by atoms with Gasteiger partial charge in [-0.3, -0.25) is 0 Å². The van der Waals surface area contributed by atoms with Crippen LogP contribution in [-0.4, -0.2) is 27.2 Å². The van der Waals surface area contributed by atoms with Crippen LogP contribution in [0.1, 0.15) is 26.3 Å². The molecule has 0 amide bonds. The molecular weight excluding hydrogens is 306 g/mol. The molecule has 120 valence electrons. The fourth-order valence-electron chi connectivity index (χ4n) is 2.46. The van der Waals surface area contributed by atoms with E-state index in [4.69, 9.17) is 0 Å². The van der Waals surface area contributed by atoms with E-state index in [1.807, 2.05) is 13.8 Å². The molecule has 0 aliphatic rings. The van der Waals surface area contributed by atoms with Crippen LogP contribution in [0.4, 0.5) is 5.82 Å². The van der Waals surface area contributed by atoms with Gasteiger partial charge in [0, 0.05) is 10.9 Å². The van der Waals surface area contributed by atoms with Crippen molar-refractivity contribution in [3.8, 4) is 11.1 Å². The number of nitrogens with one attached hydrogen (secondary N) is 1. The fraction of sp³-hybridized carbons (Fsp3) is 0.333. The Balaban J connectivity index is 2.10. The average molecular weight is 327 g/mol. The number of aryl methyl sites for hydroxylation is 1. The van der Waals surface area contributed by atoms with Crippen molar-refractivity contribution in [2.45, 2.75) is 32.7 Å². The number of nitrogens with zero attached hydrogens (tertiary/aromatic N) is 2. The summed E-state index contributed by atoms with van der Waals surface area (Å²) in [6, 6.07) is 8.61. The van der Waals surface area contributed by atoms with Gasteiger partial charge in [-0.1, -0.05) is 31.2 Å². The van der Waals surface area contributed by atoms with E-state index in [9.17, 15) is 5.11 Å². The minimum absolute atomic E-state index is 0.0309. The Morgan fingerprint density at radius 2 is 1.91 bits per heavy atom. The van der Waals surface area contributed by atoms with Crippen LogP contribution in [0.15, 0.2) is 36.0 Å². The molecule has 3 aromatic rings. The highest BCUT2D eigenvalue weighted by Gasteiger charge is 2.20. The lowest BCUT2D eigenvalue weighted by Gasteiger charge is -2.24. The van der Waals surface area contributed by atoms with Crippen LogP contribution in [0.5, 0.6) is 0 Å². The van der Waals surface area contributed by atoms with Gasteiger partial charge < -0.3 is 10.4 Å². The predicted octanol–water partition coefficient (Wildman–Crippen LogP) is 4.10. The van der Waals surface area contributed by atoms with Crippen molar-refractivity contribution in [3.63, 3.8) is 0 Å². The van der Waals surface area contributed by atoms with Crippen LogP contribution in [-0.2, 0) is 6.42 Å². The van der Waals surface area contributed by atoms with Gasteiger partial charge in [-0.15, -0.1) is 11.3 Å². The van der Waals surface area contributed by atoms with Gasteiger partial charge in [0.2, 0.25) is 0 Å². The van der Waals surface area contributed by atoms with Gasteiger partial charge in [0.15, 0.2) is 0 Å². The summed E-state index contributed by atoms with van der Waals surface area (Å²) in [6.07, 6.45) is 2.60. The fourth-order valence-corrected chi connectivity index (χ4v) is 3.38. The van der Waals surface area contributed by atoms with Crippen molar-refractivity contribution in [3.05, 3.63) is 41.5 Å². The summed E-state index contributed by atoms with van der Waals surface area (Å²) in [6.45, 7) is 6.08. The number of rotatable bonds is 5. The maximum Gasteiger partial charge on any atom is 0.139 e. The molecule has 0 saturated heterocycles. The molecule has 2 heterocycles. The maximum atomic E-state index is 9.52. The van der Waals surface area contributed by atoms with Crippen LogP contribution < -0.4 is 5.32 Å². The van der Waals surface area contributed by atoms with E-state index in [1.54, 1.807) is 17.7 Å². The highest BCUT2D eigenvalue weighted by atomic mass is 32.1. The number of anilines is 1. The standard InChI is InChI=1S/C18H21N3OS/c1-4-12-5-7-13(8-6-12)14-9-23-17-15(14)16(19-11-20-17)21-18(2,3)10-22/h5-9,11,22H,4,10H2,1-3H3,(H,19,20,21). The zero-order valence-electron chi connectivity index (χ0n) is 13.6. The smallest absolute Gasteiger partial charge is 0.139 e. The Kier molecular flexibility index (Phi) is 4.33. The molecule has 23 heavy (non-hydrogen) atoms. The lowest BCUT2D eigenvalue weighted by Crippen LogP contribution is -2.35. The van der Waals surface area contributed by atoms with Crippen LogP contribution in [0, 0.1) is 0 Å². The van der Waals surface area contributed by atoms with E-state index in [0.717, 1.165) is 33.6 Å². The van der Waals surface area contributed by atoms with Crippen LogP contribution in [0.2, 0.25) is 0 Å². The number of hydrogen-bond donors (Lipinski definition) is 2. The SMILES string of the molecule is CCc1ccc(-c2csc3ncnc(NC(C)(C)CO)c23)cc1. The molecule has 2 aromatic heterocycles. The molecule has 3 rings (SSSR count). The van der Waals surface area contributed by atoms with Crippen molar-refractivity contribution in [2.24, 2.45) is 0 Å². The number of aliphatic hydroxyl groups is 1. The summed E-state index contributed by atoms with van der Waals surface area (Å²) in [5.74, 6) is 0.768. The van der Waals surface area contributed by atoms with E-state index >= 15 is 0 Å². The Bertz CT molecular complexity index is 809. The second kappa shape index (κ2) is 6.26. The van der Waals surface area contributed by atoms with E-state index in [-0.39, 0.29) is 6.61 Å². The van der Waals surface area contributed by atoms with Crippen molar-refractivity contribution in [2.75, 3.05) is 11.9 Å². The molecule has 2 N–H and O–H groups in total. The highest BCUT2D eigenvalue weighted by Crippen LogP contribution is 2.37. The summed E-state index contributed by atoms with van der Waals surface area (Å²) in [7, 11) is 0. The molecule has 5 heteroatoms. The highest BCUT2D eigenvalue weighted by molar-refractivity contribution is 7.17. The van der Waals surface area contributed by atoms with Gasteiger partial charge in [0.05, 0.1) is 17.5 Å². The lowest BCUT2D eigenvalue weighted by atomic mass is 10.0. The van der Waals surface area contributed by atoms with Crippen molar-refractivity contribution >= 4 is 27.4 Å². The van der Waals surface area contributed by atoms with Crippen LogP contribution >= 0.6 is 11.3 Å². The largest absolute Gasteiger partial charge is 0.394 e. The Morgan fingerprint density at radius 1 is 1.17 bits per heavy atom. The lowest BCUT2D eigenvalue weighted by molar-refractivity contribution is 0.234. The first-order valence-corrected chi connectivity index (χ1v) is 8.62. The number of hydrogen-bond acceptors (Lipinski definition) is 5. The Hall–Kier alpha value is -1.98. The van der Waals surface area contributed by atoms with Crippen LogP contribution in [0.3, 0.4) is 0 Å². The summed E-state index contributed by atoms with van der Waals surface area (Å²) in [4.78, 5) is 9.74. The summed E-state index contributed by atoms with van der Waals surface area (Å²) < 4.78 is 0. The first-order valence-electron chi connectivity index (χ1n) is 7.74. The minimum atomic E-state index is -0.438. The summed E-state index contributed by atoms with van der Waals surface area (Å²) >= 11 is 1.61. The molecule has 0 saturated carbocycles. The van der Waals surface area contributed by atoms with Gasteiger partial charge in [0.25, 0.3) is 0 Å². The number of aliphatic hydroxyl groups excluding tert-OH is 1. The normalized spacial score (nSPS) is 11.8. The van der Waals surface area contributed by atoms with Gasteiger partial charge in [-0.2, -0.15) is 0 Å². The first kappa shape index (κ1) is 15.9. The number of thiophene rings is 1.